The van der Waals surface area contributed by atoms with Crippen molar-refractivity contribution in [3.63, 3.8) is 0 Å². The number of hydrogen-bond acceptors (Lipinski definition) is 2. The molecule has 0 aliphatic heterocycles. The van der Waals surface area contributed by atoms with Crippen molar-refractivity contribution >= 4 is 6.03 Å². The van der Waals surface area contributed by atoms with Crippen molar-refractivity contribution in [2.45, 2.75) is 37.7 Å². The predicted octanol–water partition coefficient (Wildman–Crippen LogP) is 1.83. The standard InChI is InChI=1S/C15H22N2O2/c18-14(17-12-15(19)9-5-10-15)16-11-4-8-13-6-2-1-3-7-13/h1-3,6-7,19H,4-5,8-12H2,(H2,16,17,18). The number of hydrogen-bond donors (Lipinski definition) is 3. The first-order chi connectivity index (χ1) is 9.18. The van der Waals surface area contributed by atoms with E-state index in [1.165, 1.54) is 5.56 Å². The zero-order valence-corrected chi connectivity index (χ0v) is 11.2. The molecule has 0 radical (unpaired) electrons. The minimum absolute atomic E-state index is 0.187. The summed E-state index contributed by atoms with van der Waals surface area (Å²) in [6.45, 7) is 1.01. The minimum atomic E-state index is -0.651. The Morgan fingerprint density at radius 3 is 2.58 bits per heavy atom. The van der Waals surface area contributed by atoms with Gasteiger partial charge in [0.2, 0.25) is 0 Å². The number of carbonyl (C=O) groups is 1. The van der Waals surface area contributed by atoms with E-state index in [4.69, 9.17) is 0 Å². The van der Waals surface area contributed by atoms with Crippen molar-refractivity contribution in [2.75, 3.05) is 13.1 Å². The van der Waals surface area contributed by atoms with Gasteiger partial charge in [-0.1, -0.05) is 30.3 Å². The van der Waals surface area contributed by atoms with Gasteiger partial charge >= 0.3 is 6.03 Å². The highest BCUT2D eigenvalue weighted by Crippen LogP contribution is 2.30. The highest BCUT2D eigenvalue weighted by atomic mass is 16.3. The molecule has 0 atom stereocenters. The molecular weight excluding hydrogens is 240 g/mol. The Kier molecular flexibility index (Phi) is 4.80. The van der Waals surface area contributed by atoms with E-state index < -0.39 is 5.60 Å². The summed E-state index contributed by atoms with van der Waals surface area (Å²) in [6, 6.07) is 10.0. The van der Waals surface area contributed by atoms with Crippen molar-refractivity contribution in [2.24, 2.45) is 0 Å². The van der Waals surface area contributed by atoms with Crippen molar-refractivity contribution in [3.05, 3.63) is 35.9 Å². The van der Waals surface area contributed by atoms with Crippen molar-refractivity contribution in [1.29, 1.82) is 0 Å². The first kappa shape index (κ1) is 13.9. The fraction of sp³-hybridized carbons (Fsp3) is 0.533. The maximum atomic E-state index is 11.5. The van der Waals surface area contributed by atoms with Gasteiger partial charge in [-0.05, 0) is 37.7 Å². The van der Waals surface area contributed by atoms with Crippen molar-refractivity contribution in [3.8, 4) is 0 Å². The van der Waals surface area contributed by atoms with Gasteiger partial charge in [-0.25, -0.2) is 4.79 Å². The summed E-state index contributed by atoms with van der Waals surface area (Å²) in [5, 5.41) is 15.4. The number of carbonyl (C=O) groups excluding carboxylic acids is 1. The van der Waals surface area contributed by atoms with Crippen LogP contribution in [0.4, 0.5) is 4.79 Å². The molecule has 0 spiro atoms. The molecule has 1 aliphatic rings. The van der Waals surface area contributed by atoms with E-state index in [0.29, 0.717) is 13.1 Å². The summed E-state index contributed by atoms with van der Waals surface area (Å²) >= 11 is 0. The SMILES string of the molecule is O=C(NCCCc1ccccc1)NCC1(O)CCC1. The summed E-state index contributed by atoms with van der Waals surface area (Å²) < 4.78 is 0. The third kappa shape index (κ3) is 4.56. The molecule has 4 heteroatoms. The first-order valence-electron chi connectivity index (χ1n) is 6.96. The molecule has 1 fully saturated rings. The molecule has 0 saturated heterocycles. The van der Waals surface area contributed by atoms with Crippen LogP contribution in [0, 0.1) is 0 Å². The zero-order chi connectivity index (χ0) is 13.6. The van der Waals surface area contributed by atoms with Gasteiger partial charge < -0.3 is 15.7 Å². The second kappa shape index (κ2) is 6.57. The van der Waals surface area contributed by atoms with Crippen LogP contribution in [0.2, 0.25) is 0 Å². The van der Waals surface area contributed by atoms with E-state index in [0.717, 1.165) is 32.1 Å². The summed E-state index contributed by atoms with van der Waals surface area (Å²) in [5.74, 6) is 0. The highest BCUT2D eigenvalue weighted by molar-refractivity contribution is 5.73. The number of rotatable bonds is 6. The van der Waals surface area contributed by atoms with E-state index in [9.17, 15) is 9.90 Å². The smallest absolute Gasteiger partial charge is 0.314 e. The highest BCUT2D eigenvalue weighted by Gasteiger charge is 2.34. The lowest BCUT2D eigenvalue weighted by Gasteiger charge is -2.36. The van der Waals surface area contributed by atoms with Crippen LogP contribution in [0.15, 0.2) is 30.3 Å². The normalized spacial score (nSPS) is 16.5. The van der Waals surface area contributed by atoms with Crippen LogP contribution >= 0.6 is 0 Å². The van der Waals surface area contributed by atoms with E-state index in [-0.39, 0.29) is 6.03 Å². The van der Waals surface area contributed by atoms with Crippen LogP contribution in [0.3, 0.4) is 0 Å². The van der Waals surface area contributed by atoms with Crippen LogP contribution in [-0.4, -0.2) is 29.8 Å². The van der Waals surface area contributed by atoms with Gasteiger partial charge in [0.05, 0.1) is 5.60 Å². The topological polar surface area (TPSA) is 61.4 Å². The Labute approximate surface area is 114 Å². The van der Waals surface area contributed by atoms with Crippen LogP contribution < -0.4 is 10.6 Å². The lowest BCUT2D eigenvalue weighted by molar-refractivity contribution is -0.0290. The second-order valence-electron chi connectivity index (χ2n) is 5.28. The Morgan fingerprint density at radius 2 is 1.95 bits per heavy atom. The van der Waals surface area contributed by atoms with Gasteiger partial charge in [-0.15, -0.1) is 0 Å². The average Bonchev–Trinajstić information content (AvgIpc) is 2.40. The van der Waals surface area contributed by atoms with Crippen LogP contribution in [-0.2, 0) is 6.42 Å². The molecule has 3 N–H and O–H groups in total. The molecule has 1 saturated carbocycles. The van der Waals surface area contributed by atoms with Gasteiger partial charge in [0, 0.05) is 13.1 Å². The number of nitrogens with one attached hydrogen (secondary N) is 2. The summed E-state index contributed by atoms with van der Waals surface area (Å²) in [6.07, 6.45) is 4.52. The average molecular weight is 262 g/mol. The third-order valence-electron chi connectivity index (χ3n) is 3.63. The third-order valence-corrected chi connectivity index (χ3v) is 3.63. The zero-order valence-electron chi connectivity index (χ0n) is 11.2. The Hall–Kier alpha value is -1.55. The maximum Gasteiger partial charge on any atom is 0.314 e. The molecule has 0 heterocycles. The van der Waals surface area contributed by atoms with Crippen molar-refractivity contribution in [1.82, 2.24) is 10.6 Å². The molecule has 1 aromatic carbocycles. The summed E-state index contributed by atoms with van der Waals surface area (Å²) in [5.41, 5.74) is 0.634. The first-order valence-corrected chi connectivity index (χ1v) is 6.96. The van der Waals surface area contributed by atoms with Gasteiger partial charge in [0.1, 0.15) is 0 Å². The van der Waals surface area contributed by atoms with Gasteiger partial charge in [0.15, 0.2) is 0 Å². The van der Waals surface area contributed by atoms with Crippen LogP contribution in [0.5, 0.6) is 0 Å². The van der Waals surface area contributed by atoms with E-state index >= 15 is 0 Å². The lowest BCUT2D eigenvalue weighted by atomic mass is 9.80. The maximum absolute atomic E-state index is 11.5. The molecule has 2 amide bonds. The summed E-state index contributed by atoms with van der Waals surface area (Å²) in [7, 11) is 0. The molecule has 0 aromatic heterocycles. The van der Waals surface area contributed by atoms with Gasteiger partial charge in [-0.3, -0.25) is 0 Å². The predicted molar refractivity (Wildman–Crippen MR) is 75.0 cm³/mol. The van der Waals surface area contributed by atoms with Crippen LogP contribution in [0.25, 0.3) is 0 Å². The Morgan fingerprint density at radius 1 is 1.21 bits per heavy atom. The fourth-order valence-electron chi connectivity index (χ4n) is 2.21. The van der Waals surface area contributed by atoms with Crippen molar-refractivity contribution < 1.29 is 9.90 Å². The number of amides is 2. The number of urea groups is 1. The number of benzene rings is 1. The molecule has 19 heavy (non-hydrogen) atoms. The quantitative estimate of drug-likeness (QED) is 0.685. The molecule has 0 unspecified atom stereocenters. The molecule has 104 valence electrons. The minimum Gasteiger partial charge on any atom is -0.388 e. The Balaban J connectivity index is 1.54. The molecule has 1 aromatic rings. The molecule has 4 nitrogen and oxygen atoms in total. The number of aliphatic hydroxyl groups is 1. The van der Waals surface area contributed by atoms with Gasteiger partial charge in [-0.2, -0.15) is 0 Å². The molecule has 2 rings (SSSR count). The monoisotopic (exact) mass is 262 g/mol. The lowest BCUT2D eigenvalue weighted by Crippen LogP contribution is -2.50. The van der Waals surface area contributed by atoms with E-state index in [2.05, 4.69) is 22.8 Å². The molecule has 0 bridgehead atoms. The second-order valence-corrected chi connectivity index (χ2v) is 5.28. The number of aryl methyl sites for hydroxylation is 1. The Bertz CT molecular complexity index is 402. The molecular formula is C15H22N2O2. The molecule has 1 aliphatic carbocycles. The summed E-state index contributed by atoms with van der Waals surface area (Å²) in [4.78, 5) is 11.5. The largest absolute Gasteiger partial charge is 0.388 e. The van der Waals surface area contributed by atoms with E-state index in [1.807, 2.05) is 18.2 Å². The fourth-order valence-corrected chi connectivity index (χ4v) is 2.21. The van der Waals surface area contributed by atoms with Gasteiger partial charge in [0.25, 0.3) is 0 Å². The van der Waals surface area contributed by atoms with E-state index in [1.54, 1.807) is 0 Å². The van der Waals surface area contributed by atoms with Crippen LogP contribution in [0.1, 0.15) is 31.2 Å².